The van der Waals surface area contributed by atoms with Crippen LogP contribution in [0.2, 0.25) is 0 Å². The molecule has 0 bridgehead atoms. The lowest BCUT2D eigenvalue weighted by Gasteiger charge is -2.16. The summed E-state index contributed by atoms with van der Waals surface area (Å²) in [6, 6.07) is 6.31. The van der Waals surface area contributed by atoms with Gasteiger partial charge in [0.1, 0.15) is 0 Å². The maximum atomic E-state index is 12.0. The molecule has 19 heavy (non-hydrogen) atoms. The van der Waals surface area contributed by atoms with Gasteiger partial charge in [-0.1, -0.05) is 11.6 Å². The van der Waals surface area contributed by atoms with Crippen LogP contribution in [0.15, 0.2) is 18.2 Å². The van der Waals surface area contributed by atoms with Crippen molar-refractivity contribution in [2.24, 2.45) is 0 Å². The maximum Gasteiger partial charge on any atom is 0.299 e. The summed E-state index contributed by atoms with van der Waals surface area (Å²) in [5.41, 5.74) is 2.34. The lowest BCUT2D eigenvalue weighted by Crippen LogP contribution is -2.32. The third-order valence-electron chi connectivity index (χ3n) is 3.70. The van der Waals surface area contributed by atoms with Gasteiger partial charge < -0.3 is 10.2 Å². The molecule has 2 aliphatic rings. The van der Waals surface area contributed by atoms with Crippen LogP contribution in [0.5, 0.6) is 0 Å². The van der Waals surface area contributed by atoms with Gasteiger partial charge in [-0.05, 0) is 44.9 Å². The molecule has 1 saturated carbocycles. The van der Waals surface area contributed by atoms with E-state index in [4.69, 9.17) is 0 Å². The standard InChI is InChI=1S/C15H18N2O2/c1-10-3-6-13-12(9-10)14(18)15(19)17(13)8-2-7-16-11-4-5-11/h3,6,9,11,16H,2,4-5,7-8H2,1H3. The Morgan fingerprint density at radius 1 is 1.32 bits per heavy atom. The van der Waals surface area contributed by atoms with Gasteiger partial charge in [-0.15, -0.1) is 0 Å². The molecular weight excluding hydrogens is 240 g/mol. The molecule has 1 aliphatic carbocycles. The lowest BCUT2D eigenvalue weighted by atomic mass is 10.1. The van der Waals surface area contributed by atoms with Crippen molar-refractivity contribution in [1.82, 2.24) is 5.32 Å². The molecule has 1 aromatic rings. The highest BCUT2D eigenvalue weighted by Crippen LogP contribution is 2.29. The van der Waals surface area contributed by atoms with Crippen LogP contribution in [0.3, 0.4) is 0 Å². The lowest BCUT2D eigenvalue weighted by molar-refractivity contribution is -0.114. The number of anilines is 1. The highest BCUT2D eigenvalue weighted by molar-refractivity contribution is 6.52. The molecule has 0 radical (unpaired) electrons. The molecule has 0 aromatic heterocycles. The number of Topliss-reactive ketones (excluding diaryl/α,β-unsaturated/α-hetero) is 1. The third kappa shape index (κ3) is 2.40. The molecule has 4 heteroatoms. The van der Waals surface area contributed by atoms with E-state index in [9.17, 15) is 9.59 Å². The number of carbonyl (C=O) groups is 2. The first-order valence-corrected chi connectivity index (χ1v) is 6.87. The Labute approximate surface area is 112 Å². The first kappa shape index (κ1) is 12.4. The van der Waals surface area contributed by atoms with Gasteiger partial charge in [0.2, 0.25) is 0 Å². The van der Waals surface area contributed by atoms with Gasteiger partial charge >= 0.3 is 0 Å². The van der Waals surface area contributed by atoms with E-state index in [1.807, 2.05) is 19.1 Å². The third-order valence-corrected chi connectivity index (χ3v) is 3.70. The Bertz CT molecular complexity index is 535. The van der Waals surface area contributed by atoms with Crippen molar-refractivity contribution in [3.63, 3.8) is 0 Å². The van der Waals surface area contributed by atoms with E-state index >= 15 is 0 Å². The summed E-state index contributed by atoms with van der Waals surface area (Å²) >= 11 is 0. The molecule has 0 unspecified atom stereocenters. The minimum atomic E-state index is -0.382. The minimum absolute atomic E-state index is 0.367. The summed E-state index contributed by atoms with van der Waals surface area (Å²) in [5.74, 6) is -0.749. The molecule has 0 saturated heterocycles. The highest BCUT2D eigenvalue weighted by Gasteiger charge is 2.35. The number of rotatable bonds is 5. The number of carbonyl (C=O) groups excluding carboxylic acids is 2. The molecule has 100 valence electrons. The molecule has 1 N–H and O–H groups in total. The Morgan fingerprint density at radius 2 is 2.11 bits per heavy atom. The molecule has 1 amide bonds. The summed E-state index contributed by atoms with van der Waals surface area (Å²) in [6.07, 6.45) is 3.41. The molecule has 1 fully saturated rings. The van der Waals surface area contributed by atoms with Gasteiger partial charge in [-0.3, -0.25) is 9.59 Å². The molecule has 0 spiro atoms. The van der Waals surface area contributed by atoms with Crippen LogP contribution in [0, 0.1) is 6.92 Å². The monoisotopic (exact) mass is 258 g/mol. The van der Waals surface area contributed by atoms with E-state index in [1.54, 1.807) is 11.0 Å². The molecular formula is C15H18N2O2. The van der Waals surface area contributed by atoms with Gasteiger partial charge in [-0.25, -0.2) is 0 Å². The summed E-state index contributed by atoms with van der Waals surface area (Å²) in [6.45, 7) is 3.45. The smallest absolute Gasteiger partial charge is 0.299 e. The Morgan fingerprint density at radius 3 is 2.84 bits per heavy atom. The van der Waals surface area contributed by atoms with Crippen LogP contribution in [0.4, 0.5) is 5.69 Å². The van der Waals surface area contributed by atoms with Crippen LogP contribution in [0.25, 0.3) is 0 Å². The first-order valence-electron chi connectivity index (χ1n) is 6.87. The van der Waals surface area contributed by atoms with Gasteiger partial charge in [-0.2, -0.15) is 0 Å². The van der Waals surface area contributed by atoms with Gasteiger partial charge in [0.15, 0.2) is 0 Å². The van der Waals surface area contributed by atoms with E-state index in [2.05, 4.69) is 5.32 Å². The van der Waals surface area contributed by atoms with Crippen LogP contribution in [0.1, 0.15) is 35.2 Å². The Balaban J connectivity index is 1.67. The fourth-order valence-corrected chi connectivity index (χ4v) is 2.47. The second kappa shape index (κ2) is 4.78. The van der Waals surface area contributed by atoms with Crippen LogP contribution < -0.4 is 10.2 Å². The molecule has 1 heterocycles. The fourth-order valence-electron chi connectivity index (χ4n) is 2.47. The van der Waals surface area contributed by atoms with Crippen LogP contribution in [-0.2, 0) is 4.79 Å². The van der Waals surface area contributed by atoms with E-state index in [-0.39, 0.29) is 11.7 Å². The van der Waals surface area contributed by atoms with E-state index in [1.165, 1.54) is 12.8 Å². The van der Waals surface area contributed by atoms with Crippen molar-refractivity contribution in [3.05, 3.63) is 29.3 Å². The van der Waals surface area contributed by atoms with E-state index in [0.29, 0.717) is 18.2 Å². The van der Waals surface area contributed by atoms with E-state index < -0.39 is 0 Å². The molecule has 1 aromatic carbocycles. The average Bonchev–Trinajstić information content (AvgIpc) is 3.18. The number of nitrogens with one attached hydrogen (secondary N) is 1. The number of nitrogens with zero attached hydrogens (tertiary/aromatic N) is 1. The number of hydrogen-bond acceptors (Lipinski definition) is 3. The highest BCUT2D eigenvalue weighted by atomic mass is 16.2. The first-order chi connectivity index (χ1) is 9.16. The number of benzene rings is 1. The molecule has 0 atom stereocenters. The summed E-state index contributed by atoms with van der Waals surface area (Å²) in [5, 5.41) is 3.42. The quantitative estimate of drug-likeness (QED) is 0.645. The summed E-state index contributed by atoms with van der Waals surface area (Å²) < 4.78 is 0. The van der Waals surface area contributed by atoms with Gasteiger partial charge in [0.05, 0.1) is 11.3 Å². The zero-order chi connectivity index (χ0) is 13.4. The number of aryl methyl sites for hydroxylation is 1. The van der Waals surface area contributed by atoms with Gasteiger partial charge in [0, 0.05) is 12.6 Å². The molecule has 4 nitrogen and oxygen atoms in total. The maximum absolute atomic E-state index is 12.0. The normalized spacial score (nSPS) is 18.1. The van der Waals surface area contributed by atoms with Crippen molar-refractivity contribution >= 4 is 17.4 Å². The minimum Gasteiger partial charge on any atom is -0.314 e. The Kier molecular flexibility index (Phi) is 3.11. The largest absolute Gasteiger partial charge is 0.314 e. The average molecular weight is 258 g/mol. The van der Waals surface area contributed by atoms with Gasteiger partial charge in [0.25, 0.3) is 11.7 Å². The van der Waals surface area contributed by atoms with Crippen molar-refractivity contribution < 1.29 is 9.59 Å². The predicted octanol–water partition coefficient (Wildman–Crippen LogP) is 1.67. The summed E-state index contributed by atoms with van der Waals surface area (Å²) in [4.78, 5) is 25.5. The number of ketones is 1. The number of fused-ring (bicyclic) bond motifs is 1. The van der Waals surface area contributed by atoms with Crippen molar-refractivity contribution in [2.75, 3.05) is 18.0 Å². The fraction of sp³-hybridized carbons (Fsp3) is 0.467. The Hall–Kier alpha value is -1.68. The van der Waals surface area contributed by atoms with Crippen molar-refractivity contribution in [3.8, 4) is 0 Å². The van der Waals surface area contributed by atoms with Crippen molar-refractivity contribution in [2.45, 2.75) is 32.2 Å². The zero-order valence-electron chi connectivity index (χ0n) is 11.1. The van der Waals surface area contributed by atoms with Crippen molar-refractivity contribution in [1.29, 1.82) is 0 Å². The summed E-state index contributed by atoms with van der Waals surface area (Å²) in [7, 11) is 0. The molecule has 1 aliphatic heterocycles. The molecule has 3 rings (SSSR count). The second-order valence-electron chi connectivity index (χ2n) is 5.39. The van der Waals surface area contributed by atoms with Crippen LogP contribution >= 0.6 is 0 Å². The second-order valence-corrected chi connectivity index (χ2v) is 5.39. The number of amides is 1. The topological polar surface area (TPSA) is 49.4 Å². The zero-order valence-corrected chi connectivity index (χ0v) is 11.1. The SMILES string of the molecule is Cc1ccc2c(c1)C(=O)C(=O)N2CCCNC1CC1. The van der Waals surface area contributed by atoms with Crippen LogP contribution in [-0.4, -0.2) is 30.8 Å². The number of hydrogen-bond donors (Lipinski definition) is 1. The predicted molar refractivity (Wildman–Crippen MR) is 73.5 cm³/mol. The van der Waals surface area contributed by atoms with E-state index in [0.717, 1.165) is 24.2 Å².